The van der Waals surface area contributed by atoms with Gasteiger partial charge in [0, 0.05) is 19.8 Å². The summed E-state index contributed by atoms with van der Waals surface area (Å²) in [6.45, 7) is 6.68. The molecule has 1 aromatic heterocycles. The van der Waals surface area contributed by atoms with Gasteiger partial charge in [-0.2, -0.15) is 0 Å². The van der Waals surface area contributed by atoms with Crippen LogP contribution in [0.2, 0.25) is 0 Å². The van der Waals surface area contributed by atoms with E-state index in [-0.39, 0.29) is 0 Å². The molecule has 0 saturated carbocycles. The largest absolute Gasteiger partial charge is 0.382 e. The Morgan fingerprint density at radius 3 is 2.94 bits per heavy atom. The highest BCUT2D eigenvalue weighted by atomic mass is 16.5. The third kappa shape index (κ3) is 2.25. The first-order valence-corrected chi connectivity index (χ1v) is 5.82. The van der Waals surface area contributed by atoms with Gasteiger partial charge in [-0.1, -0.05) is 12.1 Å². The van der Waals surface area contributed by atoms with E-state index in [1.165, 1.54) is 5.52 Å². The summed E-state index contributed by atoms with van der Waals surface area (Å²) in [5.74, 6) is 1.08. The van der Waals surface area contributed by atoms with Crippen LogP contribution in [0.3, 0.4) is 0 Å². The number of nitrogens with zero attached hydrogens (tertiary/aromatic N) is 2. The monoisotopic (exact) mass is 218 g/mol. The van der Waals surface area contributed by atoms with E-state index in [9.17, 15) is 0 Å². The Bertz CT molecular complexity index is 462. The molecule has 0 radical (unpaired) electrons. The van der Waals surface area contributed by atoms with Crippen molar-refractivity contribution in [1.82, 2.24) is 9.55 Å². The Hall–Kier alpha value is -1.35. The van der Waals surface area contributed by atoms with Crippen molar-refractivity contribution >= 4 is 11.0 Å². The Balaban J connectivity index is 2.13. The molecular formula is C13H18N2O. The van der Waals surface area contributed by atoms with Crippen molar-refractivity contribution in [2.75, 3.05) is 13.2 Å². The van der Waals surface area contributed by atoms with Gasteiger partial charge in [-0.15, -0.1) is 0 Å². The molecule has 86 valence electrons. The quantitative estimate of drug-likeness (QED) is 0.721. The normalized spacial score (nSPS) is 11.1. The van der Waals surface area contributed by atoms with Gasteiger partial charge < -0.3 is 9.30 Å². The van der Waals surface area contributed by atoms with Gasteiger partial charge in [-0.3, -0.25) is 0 Å². The van der Waals surface area contributed by atoms with Gasteiger partial charge in [0.2, 0.25) is 0 Å². The van der Waals surface area contributed by atoms with Gasteiger partial charge >= 0.3 is 0 Å². The van der Waals surface area contributed by atoms with Crippen LogP contribution in [0.5, 0.6) is 0 Å². The van der Waals surface area contributed by atoms with Gasteiger partial charge in [-0.05, 0) is 32.4 Å². The van der Waals surface area contributed by atoms with Crippen LogP contribution >= 0.6 is 0 Å². The Morgan fingerprint density at radius 2 is 2.12 bits per heavy atom. The summed E-state index contributed by atoms with van der Waals surface area (Å²) in [6, 6.07) is 8.26. The summed E-state index contributed by atoms with van der Waals surface area (Å²) in [4.78, 5) is 4.53. The number of aromatic nitrogens is 2. The third-order valence-electron chi connectivity index (χ3n) is 2.72. The SMILES string of the molecule is CCOCCCn1c(C)nc2ccccc21. The van der Waals surface area contributed by atoms with Crippen LogP contribution in [0.4, 0.5) is 0 Å². The summed E-state index contributed by atoms with van der Waals surface area (Å²) in [5, 5.41) is 0. The van der Waals surface area contributed by atoms with Gasteiger partial charge in [0.1, 0.15) is 5.82 Å². The van der Waals surface area contributed by atoms with Crippen LogP contribution in [0, 0.1) is 6.92 Å². The van der Waals surface area contributed by atoms with E-state index in [1.54, 1.807) is 0 Å². The van der Waals surface area contributed by atoms with Crippen molar-refractivity contribution in [3.63, 3.8) is 0 Å². The van der Waals surface area contributed by atoms with E-state index in [2.05, 4.69) is 34.7 Å². The van der Waals surface area contributed by atoms with Gasteiger partial charge in [0.15, 0.2) is 0 Å². The first-order valence-electron chi connectivity index (χ1n) is 5.82. The van der Waals surface area contributed by atoms with Crippen LogP contribution in [-0.2, 0) is 11.3 Å². The Morgan fingerprint density at radius 1 is 1.31 bits per heavy atom. The molecular weight excluding hydrogens is 200 g/mol. The second-order valence-corrected chi connectivity index (χ2v) is 3.85. The lowest BCUT2D eigenvalue weighted by Crippen LogP contribution is -2.04. The molecule has 0 fully saturated rings. The maximum Gasteiger partial charge on any atom is 0.106 e. The average molecular weight is 218 g/mol. The minimum absolute atomic E-state index is 0.795. The molecule has 3 heteroatoms. The van der Waals surface area contributed by atoms with Gasteiger partial charge in [-0.25, -0.2) is 4.98 Å². The number of rotatable bonds is 5. The summed E-state index contributed by atoms with van der Waals surface area (Å²) in [5.41, 5.74) is 2.30. The van der Waals surface area contributed by atoms with Crippen LogP contribution in [-0.4, -0.2) is 22.8 Å². The molecule has 0 spiro atoms. The topological polar surface area (TPSA) is 27.1 Å². The molecule has 0 saturated heterocycles. The maximum absolute atomic E-state index is 5.35. The van der Waals surface area contributed by atoms with Crippen LogP contribution in [0.1, 0.15) is 19.2 Å². The fourth-order valence-electron chi connectivity index (χ4n) is 1.95. The molecule has 0 N–H and O–H groups in total. The van der Waals surface area contributed by atoms with Crippen molar-refractivity contribution in [1.29, 1.82) is 0 Å². The number of benzene rings is 1. The van der Waals surface area contributed by atoms with Crippen molar-refractivity contribution < 1.29 is 4.74 Å². The van der Waals surface area contributed by atoms with Crippen molar-refractivity contribution in [2.45, 2.75) is 26.8 Å². The smallest absolute Gasteiger partial charge is 0.106 e. The minimum Gasteiger partial charge on any atom is -0.382 e. The molecule has 0 aliphatic carbocycles. The molecule has 0 amide bonds. The molecule has 0 aliphatic rings. The van der Waals surface area contributed by atoms with Gasteiger partial charge in [0.25, 0.3) is 0 Å². The number of aryl methyl sites for hydroxylation is 2. The van der Waals surface area contributed by atoms with Crippen molar-refractivity contribution in [3.8, 4) is 0 Å². The van der Waals surface area contributed by atoms with Crippen molar-refractivity contribution in [2.24, 2.45) is 0 Å². The zero-order valence-electron chi connectivity index (χ0n) is 9.94. The molecule has 0 aliphatic heterocycles. The van der Waals surface area contributed by atoms with Crippen molar-refractivity contribution in [3.05, 3.63) is 30.1 Å². The molecule has 2 aromatic rings. The number of hydrogen-bond acceptors (Lipinski definition) is 2. The first kappa shape index (κ1) is 11.1. The fraction of sp³-hybridized carbons (Fsp3) is 0.462. The number of para-hydroxylation sites is 2. The highest BCUT2D eigenvalue weighted by molar-refractivity contribution is 5.75. The summed E-state index contributed by atoms with van der Waals surface area (Å²) >= 11 is 0. The Labute approximate surface area is 96.1 Å². The fourth-order valence-corrected chi connectivity index (χ4v) is 1.95. The second-order valence-electron chi connectivity index (χ2n) is 3.85. The summed E-state index contributed by atoms with van der Waals surface area (Å²) < 4.78 is 7.61. The highest BCUT2D eigenvalue weighted by Gasteiger charge is 2.05. The number of ether oxygens (including phenoxy) is 1. The average Bonchev–Trinajstić information content (AvgIpc) is 2.61. The highest BCUT2D eigenvalue weighted by Crippen LogP contribution is 2.15. The number of fused-ring (bicyclic) bond motifs is 1. The number of hydrogen-bond donors (Lipinski definition) is 0. The van der Waals surface area contributed by atoms with Crippen LogP contribution in [0.25, 0.3) is 11.0 Å². The summed E-state index contributed by atoms with van der Waals surface area (Å²) in [7, 11) is 0. The molecule has 16 heavy (non-hydrogen) atoms. The molecule has 2 rings (SSSR count). The van der Waals surface area contributed by atoms with E-state index >= 15 is 0 Å². The maximum atomic E-state index is 5.35. The Kier molecular flexibility index (Phi) is 3.57. The molecule has 0 bridgehead atoms. The molecule has 3 nitrogen and oxygen atoms in total. The van der Waals surface area contributed by atoms with E-state index in [4.69, 9.17) is 4.74 Å². The lowest BCUT2D eigenvalue weighted by atomic mass is 10.3. The summed E-state index contributed by atoms with van der Waals surface area (Å²) in [6.07, 6.45) is 1.04. The first-order chi connectivity index (χ1) is 7.83. The lowest BCUT2D eigenvalue weighted by molar-refractivity contribution is 0.142. The van der Waals surface area contributed by atoms with Crippen LogP contribution < -0.4 is 0 Å². The van der Waals surface area contributed by atoms with E-state index in [1.807, 2.05) is 13.0 Å². The van der Waals surface area contributed by atoms with E-state index in [0.717, 1.165) is 37.5 Å². The zero-order chi connectivity index (χ0) is 11.4. The molecule has 1 heterocycles. The molecule has 0 unspecified atom stereocenters. The third-order valence-corrected chi connectivity index (χ3v) is 2.72. The predicted octanol–water partition coefficient (Wildman–Crippen LogP) is 2.77. The number of imidazole rings is 1. The van der Waals surface area contributed by atoms with E-state index in [0.29, 0.717) is 0 Å². The second kappa shape index (κ2) is 5.12. The lowest BCUT2D eigenvalue weighted by Gasteiger charge is -2.06. The van der Waals surface area contributed by atoms with Crippen LogP contribution in [0.15, 0.2) is 24.3 Å². The van der Waals surface area contributed by atoms with E-state index < -0.39 is 0 Å². The molecule has 1 aromatic carbocycles. The molecule has 0 atom stereocenters. The van der Waals surface area contributed by atoms with Gasteiger partial charge in [0.05, 0.1) is 11.0 Å². The zero-order valence-corrected chi connectivity index (χ0v) is 9.94. The predicted molar refractivity (Wildman–Crippen MR) is 65.6 cm³/mol. The standard InChI is InChI=1S/C13H18N2O/c1-3-16-10-6-9-15-11(2)14-12-7-4-5-8-13(12)15/h4-5,7-8H,3,6,9-10H2,1-2H3. The minimum atomic E-state index is 0.795.